The number of nitrogens with zero attached hydrogens (tertiary/aromatic N) is 2. The number of likely N-dealkylation sites (tertiary alicyclic amines) is 1. The third-order valence-corrected chi connectivity index (χ3v) is 5.06. The maximum Gasteiger partial charge on any atom is 0.322 e. The molecule has 2 saturated heterocycles. The number of benzene rings is 1. The minimum Gasteiger partial charge on any atom is -0.486 e. The molecule has 3 heterocycles. The number of piperidine rings is 1. The van der Waals surface area contributed by atoms with Crippen molar-refractivity contribution in [3.05, 3.63) is 18.2 Å². The van der Waals surface area contributed by atoms with E-state index in [9.17, 15) is 9.59 Å². The van der Waals surface area contributed by atoms with Gasteiger partial charge >= 0.3 is 6.03 Å². The van der Waals surface area contributed by atoms with Gasteiger partial charge in [-0.25, -0.2) is 4.79 Å². The van der Waals surface area contributed by atoms with Crippen LogP contribution in [0.3, 0.4) is 0 Å². The molecule has 0 radical (unpaired) electrons. The van der Waals surface area contributed by atoms with E-state index in [2.05, 4.69) is 10.6 Å². The van der Waals surface area contributed by atoms with Gasteiger partial charge in [0.2, 0.25) is 5.91 Å². The molecule has 0 aliphatic carbocycles. The molecule has 8 heteroatoms. The van der Waals surface area contributed by atoms with Gasteiger partial charge in [0.15, 0.2) is 11.5 Å². The molecule has 140 valence electrons. The van der Waals surface area contributed by atoms with E-state index in [0.29, 0.717) is 56.6 Å². The van der Waals surface area contributed by atoms with Crippen molar-refractivity contribution in [1.29, 1.82) is 0 Å². The molecule has 3 amide bonds. The highest BCUT2D eigenvalue weighted by molar-refractivity contribution is 5.92. The molecule has 3 aliphatic rings. The van der Waals surface area contributed by atoms with Gasteiger partial charge in [0.1, 0.15) is 13.2 Å². The summed E-state index contributed by atoms with van der Waals surface area (Å²) in [5, 5.41) is 6.03. The number of carbonyl (C=O) groups is 2. The molecule has 2 N–H and O–H groups in total. The number of hydrogen-bond donors (Lipinski definition) is 2. The highest BCUT2D eigenvalue weighted by Gasteiger charge is 2.32. The molecule has 3 aliphatic heterocycles. The van der Waals surface area contributed by atoms with Crippen molar-refractivity contribution in [2.75, 3.05) is 51.3 Å². The lowest BCUT2D eigenvalue weighted by atomic mass is 10.0. The lowest BCUT2D eigenvalue weighted by molar-refractivity contribution is -0.135. The Morgan fingerprint density at radius 2 is 2.12 bits per heavy atom. The first-order valence-electron chi connectivity index (χ1n) is 9.17. The van der Waals surface area contributed by atoms with E-state index < -0.39 is 0 Å². The number of piperazine rings is 1. The number of carbonyl (C=O) groups excluding carboxylic acids is 2. The smallest absolute Gasteiger partial charge is 0.322 e. The van der Waals surface area contributed by atoms with E-state index in [1.807, 2.05) is 23.1 Å². The fraction of sp³-hybridized carbons (Fsp3) is 0.556. The number of amides is 3. The van der Waals surface area contributed by atoms with Crippen molar-refractivity contribution in [2.24, 2.45) is 0 Å². The summed E-state index contributed by atoms with van der Waals surface area (Å²) in [4.78, 5) is 28.6. The van der Waals surface area contributed by atoms with E-state index in [0.717, 1.165) is 19.4 Å². The molecule has 0 saturated carbocycles. The van der Waals surface area contributed by atoms with Crippen molar-refractivity contribution in [2.45, 2.75) is 18.9 Å². The molecule has 0 spiro atoms. The predicted octanol–water partition coefficient (Wildman–Crippen LogP) is 0.886. The molecular formula is C18H24N4O4. The van der Waals surface area contributed by atoms with Crippen molar-refractivity contribution < 1.29 is 19.1 Å². The van der Waals surface area contributed by atoms with Gasteiger partial charge in [-0.3, -0.25) is 4.79 Å². The molecular weight excluding hydrogens is 336 g/mol. The molecule has 0 aromatic heterocycles. The largest absolute Gasteiger partial charge is 0.486 e. The number of para-hydroxylation sites is 1. The predicted molar refractivity (Wildman–Crippen MR) is 95.6 cm³/mol. The Hall–Kier alpha value is -2.48. The normalized spacial score (nSPS) is 22.9. The minimum atomic E-state index is -0.167. The second-order valence-electron chi connectivity index (χ2n) is 6.77. The number of ether oxygens (including phenoxy) is 2. The van der Waals surface area contributed by atoms with Crippen LogP contribution in [0.2, 0.25) is 0 Å². The maximum atomic E-state index is 12.8. The zero-order valence-electron chi connectivity index (χ0n) is 14.7. The first kappa shape index (κ1) is 17.0. The van der Waals surface area contributed by atoms with Gasteiger partial charge in [0.05, 0.1) is 12.2 Å². The van der Waals surface area contributed by atoms with Gasteiger partial charge in [-0.05, 0) is 25.0 Å². The summed E-state index contributed by atoms with van der Waals surface area (Å²) in [6.45, 7) is 4.13. The van der Waals surface area contributed by atoms with Crippen LogP contribution < -0.4 is 20.1 Å². The number of anilines is 1. The van der Waals surface area contributed by atoms with E-state index in [-0.39, 0.29) is 18.0 Å². The van der Waals surface area contributed by atoms with Crippen LogP contribution in [-0.2, 0) is 4.79 Å². The zero-order valence-corrected chi connectivity index (χ0v) is 14.7. The number of fused-ring (bicyclic) bond motifs is 1. The summed E-state index contributed by atoms with van der Waals surface area (Å²) < 4.78 is 11.2. The first-order valence-corrected chi connectivity index (χ1v) is 9.17. The average Bonchev–Trinajstić information content (AvgIpc) is 2.69. The molecule has 1 unspecified atom stereocenters. The van der Waals surface area contributed by atoms with E-state index in [1.54, 1.807) is 4.90 Å². The summed E-state index contributed by atoms with van der Waals surface area (Å²) >= 11 is 0. The number of hydrogen-bond acceptors (Lipinski definition) is 5. The summed E-state index contributed by atoms with van der Waals surface area (Å²) in [5.74, 6) is 1.35. The maximum absolute atomic E-state index is 12.8. The van der Waals surface area contributed by atoms with Crippen LogP contribution in [0.15, 0.2) is 18.2 Å². The highest BCUT2D eigenvalue weighted by atomic mass is 16.6. The summed E-state index contributed by atoms with van der Waals surface area (Å²) in [5.41, 5.74) is 0.618. The average molecular weight is 360 g/mol. The molecule has 26 heavy (non-hydrogen) atoms. The highest BCUT2D eigenvalue weighted by Crippen LogP contribution is 2.37. The molecule has 1 aromatic carbocycles. The van der Waals surface area contributed by atoms with Crippen LogP contribution in [0.1, 0.15) is 12.8 Å². The van der Waals surface area contributed by atoms with Crippen molar-refractivity contribution in [3.8, 4) is 11.5 Å². The summed E-state index contributed by atoms with van der Waals surface area (Å²) in [6, 6.07) is 5.40. The van der Waals surface area contributed by atoms with Crippen molar-refractivity contribution in [3.63, 3.8) is 0 Å². The van der Waals surface area contributed by atoms with Crippen molar-refractivity contribution in [1.82, 2.24) is 15.1 Å². The number of nitrogens with one attached hydrogen (secondary N) is 2. The second-order valence-corrected chi connectivity index (χ2v) is 6.77. The SMILES string of the molecule is O=C(Nc1cccc2c1OCCO2)N1CCCC(N2CCNCC2=O)C1. The number of rotatable bonds is 2. The minimum absolute atomic E-state index is 0.0911. The van der Waals surface area contributed by atoms with Crippen LogP contribution in [0.5, 0.6) is 11.5 Å². The van der Waals surface area contributed by atoms with Gasteiger partial charge in [-0.1, -0.05) is 6.07 Å². The van der Waals surface area contributed by atoms with Crippen LogP contribution in [-0.4, -0.2) is 73.7 Å². The van der Waals surface area contributed by atoms with E-state index in [1.165, 1.54) is 0 Å². The Labute approximate surface area is 152 Å². The lowest BCUT2D eigenvalue weighted by Gasteiger charge is -2.41. The van der Waals surface area contributed by atoms with E-state index >= 15 is 0 Å². The van der Waals surface area contributed by atoms with Gasteiger partial charge in [-0.2, -0.15) is 0 Å². The van der Waals surface area contributed by atoms with Gasteiger partial charge < -0.3 is 29.9 Å². The summed E-state index contributed by atoms with van der Waals surface area (Å²) in [6.07, 6.45) is 1.83. The third kappa shape index (κ3) is 3.41. The van der Waals surface area contributed by atoms with Crippen LogP contribution in [0.4, 0.5) is 10.5 Å². The van der Waals surface area contributed by atoms with Gasteiger partial charge in [0.25, 0.3) is 0 Å². The topological polar surface area (TPSA) is 83.1 Å². The Morgan fingerprint density at radius 1 is 1.23 bits per heavy atom. The first-order chi connectivity index (χ1) is 12.7. The Kier molecular flexibility index (Phi) is 4.83. The fourth-order valence-corrected chi connectivity index (χ4v) is 3.77. The molecule has 8 nitrogen and oxygen atoms in total. The zero-order chi connectivity index (χ0) is 17.9. The second kappa shape index (κ2) is 7.41. The van der Waals surface area contributed by atoms with Gasteiger partial charge in [-0.15, -0.1) is 0 Å². The summed E-state index contributed by atoms with van der Waals surface area (Å²) in [7, 11) is 0. The van der Waals surface area contributed by atoms with Crippen molar-refractivity contribution >= 4 is 17.6 Å². The molecule has 1 atom stereocenters. The molecule has 1 aromatic rings. The van der Waals surface area contributed by atoms with E-state index in [4.69, 9.17) is 9.47 Å². The lowest BCUT2D eigenvalue weighted by Crippen LogP contribution is -2.57. The fourth-order valence-electron chi connectivity index (χ4n) is 3.77. The Morgan fingerprint density at radius 3 is 3.00 bits per heavy atom. The molecule has 2 fully saturated rings. The third-order valence-electron chi connectivity index (χ3n) is 5.06. The van der Waals surface area contributed by atoms with Crippen LogP contribution >= 0.6 is 0 Å². The Balaban J connectivity index is 1.42. The quantitative estimate of drug-likeness (QED) is 0.818. The monoisotopic (exact) mass is 360 g/mol. The van der Waals surface area contributed by atoms with Gasteiger partial charge in [0, 0.05) is 32.2 Å². The molecule has 4 rings (SSSR count). The standard InChI is InChI=1S/C18H24N4O4/c23-16-11-19-6-8-22(16)13-3-2-7-21(12-13)18(24)20-14-4-1-5-15-17(14)26-10-9-25-15/h1,4-5,13,19H,2-3,6-12H2,(H,20,24). The van der Waals surface area contributed by atoms with Crippen LogP contribution in [0.25, 0.3) is 0 Å². The van der Waals surface area contributed by atoms with Crippen LogP contribution in [0, 0.1) is 0 Å². The Bertz CT molecular complexity index is 696. The number of urea groups is 1. The molecule has 0 bridgehead atoms.